The normalized spacial score (nSPS) is 10.3. The quantitative estimate of drug-likeness (QED) is 0.816. The first-order valence-electron chi connectivity index (χ1n) is 5.12. The molecule has 19 heavy (non-hydrogen) atoms. The standard InChI is InChI=1S/C13H7Br2FO3/c14-8-3-7(13(17)18)4-10(5-8)19-9-1-2-12(16)11(15)6-9/h1-6H,(H,17,18). The number of halogens is 3. The fourth-order valence-electron chi connectivity index (χ4n) is 1.42. The second-order valence-electron chi connectivity index (χ2n) is 3.66. The van der Waals surface area contributed by atoms with Crippen molar-refractivity contribution in [3.8, 4) is 11.5 Å². The second-order valence-corrected chi connectivity index (χ2v) is 5.43. The van der Waals surface area contributed by atoms with E-state index in [9.17, 15) is 9.18 Å². The zero-order chi connectivity index (χ0) is 14.0. The molecule has 0 fully saturated rings. The highest BCUT2D eigenvalue weighted by Gasteiger charge is 2.08. The Balaban J connectivity index is 2.32. The van der Waals surface area contributed by atoms with Gasteiger partial charge in [-0.05, 0) is 52.3 Å². The molecule has 0 aromatic heterocycles. The molecule has 0 radical (unpaired) electrons. The first kappa shape index (κ1) is 14.0. The monoisotopic (exact) mass is 388 g/mol. The van der Waals surface area contributed by atoms with Crippen LogP contribution in [0.2, 0.25) is 0 Å². The highest BCUT2D eigenvalue weighted by Crippen LogP contribution is 2.29. The van der Waals surface area contributed by atoms with Crippen molar-refractivity contribution >= 4 is 37.8 Å². The number of hydrogen-bond donors (Lipinski definition) is 1. The van der Waals surface area contributed by atoms with E-state index in [1.807, 2.05) is 0 Å². The van der Waals surface area contributed by atoms with Gasteiger partial charge in [0.05, 0.1) is 10.0 Å². The number of rotatable bonds is 3. The predicted octanol–water partition coefficient (Wildman–Crippen LogP) is 4.84. The summed E-state index contributed by atoms with van der Waals surface area (Å²) in [4.78, 5) is 10.9. The summed E-state index contributed by atoms with van der Waals surface area (Å²) in [6.07, 6.45) is 0. The number of carbonyl (C=O) groups is 1. The molecule has 3 nitrogen and oxygen atoms in total. The van der Waals surface area contributed by atoms with Crippen LogP contribution in [0.15, 0.2) is 45.3 Å². The van der Waals surface area contributed by atoms with Gasteiger partial charge in [0.25, 0.3) is 0 Å². The van der Waals surface area contributed by atoms with E-state index in [1.54, 1.807) is 6.07 Å². The Morgan fingerprint density at radius 2 is 1.84 bits per heavy atom. The molecule has 2 aromatic rings. The average molecular weight is 390 g/mol. The lowest BCUT2D eigenvalue weighted by atomic mass is 10.2. The van der Waals surface area contributed by atoms with Crippen LogP contribution in [0.1, 0.15) is 10.4 Å². The lowest BCUT2D eigenvalue weighted by Gasteiger charge is -2.08. The van der Waals surface area contributed by atoms with Gasteiger partial charge in [-0.15, -0.1) is 0 Å². The van der Waals surface area contributed by atoms with Gasteiger partial charge in [0.2, 0.25) is 0 Å². The SMILES string of the molecule is O=C(O)c1cc(Br)cc(Oc2ccc(F)c(Br)c2)c1. The van der Waals surface area contributed by atoms with Gasteiger partial charge < -0.3 is 9.84 Å². The molecule has 0 saturated carbocycles. The summed E-state index contributed by atoms with van der Waals surface area (Å²) >= 11 is 6.26. The van der Waals surface area contributed by atoms with E-state index in [2.05, 4.69) is 31.9 Å². The first-order valence-corrected chi connectivity index (χ1v) is 6.71. The number of benzene rings is 2. The molecule has 0 heterocycles. The summed E-state index contributed by atoms with van der Waals surface area (Å²) in [5, 5.41) is 8.95. The van der Waals surface area contributed by atoms with E-state index in [0.29, 0.717) is 16.0 Å². The number of carboxylic acids is 1. The lowest BCUT2D eigenvalue weighted by Crippen LogP contribution is -1.97. The second kappa shape index (κ2) is 5.71. The van der Waals surface area contributed by atoms with E-state index in [4.69, 9.17) is 9.84 Å². The Hall–Kier alpha value is -1.40. The van der Waals surface area contributed by atoms with Gasteiger partial charge in [-0.3, -0.25) is 0 Å². The number of hydrogen-bond acceptors (Lipinski definition) is 2. The third-order valence-electron chi connectivity index (χ3n) is 2.25. The molecular weight excluding hydrogens is 383 g/mol. The van der Waals surface area contributed by atoms with Crippen molar-refractivity contribution in [2.45, 2.75) is 0 Å². The summed E-state index contributed by atoms with van der Waals surface area (Å²) in [5.41, 5.74) is 0.102. The summed E-state index contributed by atoms with van der Waals surface area (Å²) in [5.74, 6) is -0.688. The predicted molar refractivity (Wildman–Crippen MR) is 75.3 cm³/mol. The van der Waals surface area contributed by atoms with Gasteiger partial charge >= 0.3 is 5.97 Å². The molecule has 0 aliphatic carbocycles. The van der Waals surface area contributed by atoms with E-state index in [-0.39, 0.29) is 10.0 Å². The molecule has 1 N–H and O–H groups in total. The Kier molecular flexibility index (Phi) is 4.21. The minimum absolute atomic E-state index is 0.102. The average Bonchev–Trinajstić information content (AvgIpc) is 2.33. The van der Waals surface area contributed by atoms with Gasteiger partial charge in [-0.1, -0.05) is 15.9 Å². The van der Waals surface area contributed by atoms with Crippen LogP contribution in [0, 0.1) is 5.82 Å². The summed E-state index contributed by atoms with van der Waals surface area (Å²) in [6, 6.07) is 8.68. The minimum Gasteiger partial charge on any atom is -0.478 e. The van der Waals surface area contributed by atoms with Crippen LogP contribution in [0.4, 0.5) is 4.39 Å². The van der Waals surface area contributed by atoms with Gasteiger partial charge in [0, 0.05) is 4.47 Å². The molecule has 6 heteroatoms. The van der Waals surface area contributed by atoms with Crippen LogP contribution in [-0.4, -0.2) is 11.1 Å². The smallest absolute Gasteiger partial charge is 0.335 e. The zero-order valence-electron chi connectivity index (χ0n) is 9.36. The van der Waals surface area contributed by atoms with Crippen LogP contribution in [0.5, 0.6) is 11.5 Å². The van der Waals surface area contributed by atoms with Gasteiger partial charge in [0.1, 0.15) is 17.3 Å². The zero-order valence-corrected chi connectivity index (χ0v) is 12.5. The maximum Gasteiger partial charge on any atom is 0.335 e. The Labute approximate surface area is 125 Å². The largest absolute Gasteiger partial charge is 0.478 e. The van der Waals surface area contributed by atoms with E-state index in [1.165, 1.54) is 30.3 Å². The molecule has 0 amide bonds. The maximum atomic E-state index is 13.1. The molecule has 2 rings (SSSR count). The van der Waals surface area contributed by atoms with E-state index in [0.717, 1.165) is 0 Å². The molecule has 0 unspecified atom stereocenters. The Morgan fingerprint density at radius 3 is 2.47 bits per heavy atom. The molecule has 0 atom stereocenters. The van der Waals surface area contributed by atoms with Crippen LogP contribution < -0.4 is 4.74 Å². The molecule has 0 saturated heterocycles. The fourth-order valence-corrected chi connectivity index (χ4v) is 2.25. The van der Waals surface area contributed by atoms with Crippen molar-refractivity contribution < 1.29 is 19.0 Å². The number of carboxylic acid groups (broad SMARTS) is 1. The molecule has 0 spiro atoms. The van der Waals surface area contributed by atoms with Gasteiger partial charge in [-0.25, -0.2) is 9.18 Å². The number of aromatic carboxylic acids is 1. The van der Waals surface area contributed by atoms with Gasteiger partial charge in [-0.2, -0.15) is 0 Å². The van der Waals surface area contributed by atoms with Crippen molar-refractivity contribution in [3.05, 3.63) is 56.7 Å². The topological polar surface area (TPSA) is 46.5 Å². The highest BCUT2D eigenvalue weighted by molar-refractivity contribution is 9.10. The summed E-state index contributed by atoms with van der Waals surface area (Å²) in [7, 11) is 0. The van der Waals surface area contributed by atoms with Crippen molar-refractivity contribution in [2.24, 2.45) is 0 Å². The third kappa shape index (κ3) is 3.54. The van der Waals surface area contributed by atoms with E-state index < -0.39 is 11.8 Å². The van der Waals surface area contributed by atoms with Gasteiger partial charge in [0.15, 0.2) is 0 Å². The minimum atomic E-state index is -1.05. The molecular formula is C13H7Br2FO3. The molecule has 2 aromatic carbocycles. The van der Waals surface area contributed by atoms with Crippen molar-refractivity contribution in [1.29, 1.82) is 0 Å². The molecule has 0 aliphatic rings. The third-order valence-corrected chi connectivity index (χ3v) is 3.31. The van der Waals surface area contributed by atoms with Crippen molar-refractivity contribution in [2.75, 3.05) is 0 Å². The van der Waals surface area contributed by atoms with E-state index >= 15 is 0 Å². The number of ether oxygens (including phenoxy) is 1. The fraction of sp³-hybridized carbons (Fsp3) is 0. The summed E-state index contributed by atoms with van der Waals surface area (Å²) < 4.78 is 19.4. The lowest BCUT2D eigenvalue weighted by molar-refractivity contribution is 0.0696. The van der Waals surface area contributed by atoms with Crippen LogP contribution in [0.25, 0.3) is 0 Å². The molecule has 0 bridgehead atoms. The van der Waals surface area contributed by atoms with Crippen LogP contribution in [-0.2, 0) is 0 Å². The van der Waals surface area contributed by atoms with Crippen molar-refractivity contribution in [3.63, 3.8) is 0 Å². The van der Waals surface area contributed by atoms with Crippen molar-refractivity contribution in [1.82, 2.24) is 0 Å². The highest BCUT2D eigenvalue weighted by atomic mass is 79.9. The van der Waals surface area contributed by atoms with Crippen LogP contribution in [0.3, 0.4) is 0 Å². The molecule has 0 aliphatic heterocycles. The first-order chi connectivity index (χ1) is 8.95. The Morgan fingerprint density at radius 1 is 1.11 bits per heavy atom. The maximum absolute atomic E-state index is 13.1. The molecule has 98 valence electrons. The van der Waals surface area contributed by atoms with Crippen LogP contribution >= 0.6 is 31.9 Å². The summed E-state index contributed by atoms with van der Waals surface area (Å²) in [6.45, 7) is 0. The Bertz CT molecular complexity index is 644.